The predicted octanol–water partition coefficient (Wildman–Crippen LogP) is 3.58. The van der Waals surface area contributed by atoms with Gasteiger partial charge in [0.1, 0.15) is 0 Å². The van der Waals surface area contributed by atoms with Crippen LogP contribution in [0.5, 0.6) is 0 Å². The van der Waals surface area contributed by atoms with Crippen LogP contribution < -0.4 is 0 Å². The molecule has 0 radical (unpaired) electrons. The van der Waals surface area contributed by atoms with Crippen LogP contribution in [0, 0.1) is 14.9 Å². The molecule has 0 bridgehead atoms. The maximum atomic E-state index is 12.8. The van der Waals surface area contributed by atoms with Gasteiger partial charge >= 0.3 is 0 Å². The van der Waals surface area contributed by atoms with Gasteiger partial charge in [-0.25, -0.2) is 8.78 Å². The number of halogens is 4. The lowest BCUT2D eigenvalue weighted by Gasteiger charge is -2.11. The molecular weight excluding hydrogens is 381 g/mol. The Morgan fingerprint density at radius 1 is 1.60 bits per heavy atom. The van der Waals surface area contributed by atoms with Crippen molar-refractivity contribution in [3.8, 4) is 6.07 Å². The van der Waals surface area contributed by atoms with Gasteiger partial charge in [-0.05, 0) is 28.2 Å². The predicted molar refractivity (Wildman–Crippen MR) is 63.9 cm³/mol. The van der Waals surface area contributed by atoms with E-state index >= 15 is 0 Å². The summed E-state index contributed by atoms with van der Waals surface area (Å²) in [5, 5.41) is 8.97. The maximum absolute atomic E-state index is 12.8. The van der Waals surface area contributed by atoms with Gasteiger partial charge in [0.05, 0.1) is 18.2 Å². The molecule has 0 N–H and O–H groups in total. The topological polar surface area (TPSA) is 36.7 Å². The van der Waals surface area contributed by atoms with E-state index in [1.165, 1.54) is 6.20 Å². The molecule has 1 aromatic heterocycles. The van der Waals surface area contributed by atoms with E-state index in [1.807, 2.05) is 6.07 Å². The number of nitrogens with zero attached hydrogens (tertiary/aromatic N) is 2. The highest BCUT2D eigenvalue weighted by molar-refractivity contribution is 14.1. The molecule has 0 aromatic carbocycles. The minimum atomic E-state index is -2.57. The quantitative estimate of drug-likeness (QED) is 0.588. The first-order chi connectivity index (χ1) is 7.11. The molecule has 0 unspecified atom stereocenters. The van der Waals surface area contributed by atoms with Gasteiger partial charge in [-0.15, -0.1) is 0 Å². The molecule has 1 rings (SSSR count). The molecule has 1 aromatic rings. The zero-order valence-electron chi connectivity index (χ0n) is 7.48. The first kappa shape index (κ1) is 12.8. The van der Waals surface area contributed by atoms with Crippen LogP contribution in [0.15, 0.2) is 6.20 Å². The lowest BCUT2D eigenvalue weighted by Crippen LogP contribution is -2.04. The fourth-order valence-corrected chi connectivity index (χ4v) is 2.39. The minimum Gasteiger partial charge on any atom is -0.259 e. The van der Waals surface area contributed by atoms with Crippen LogP contribution in [0.3, 0.4) is 0 Å². The Morgan fingerprint density at radius 2 is 2.27 bits per heavy atom. The Bertz CT molecular complexity index is 404. The van der Waals surface area contributed by atoms with Gasteiger partial charge in [-0.2, -0.15) is 5.26 Å². The molecule has 80 valence electrons. The second kappa shape index (κ2) is 5.70. The standard InChI is InChI=1S/C9H6BrF2IN2/c10-3-7-5(1-2-14)8(9(11)12)6(13)4-15-7/h4,9H,1,3H2. The van der Waals surface area contributed by atoms with Gasteiger partial charge in [0.15, 0.2) is 0 Å². The molecule has 0 saturated carbocycles. The van der Waals surface area contributed by atoms with Crippen molar-refractivity contribution in [2.75, 3.05) is 0 Å². The van der Waals surface area contributed by atoms with Gasteiger partial charge in [0, 0.05) is 20.7 Å². The summed E-state index contributed by atoms with van der Waals surface area (Å²) in [6, 6.07) is 1.88. The van der Waals surface area contributed by atoms with Crippen molar-refractivity contribution in [1.29, 1.82) is 5.26 Å². The van der Waals surface area contributed by atoms with Crippen LogP contribution in [0.1, 0.15) is 23.2 Å². The highest BCUT2D eigenvalue weighted by Crippen LogP contribution is 2.30. The van der Waals surface area contributed by atoms with Crippen molar-refractivity contribution < 1.29 is 8.78 Å². The lowest BCUT2D eigenvalue weighted by atomic mass is 10.0. The fraction of sp³-hybridized carbons (Fsp3) is 0.333. The third kappa shape index (κ3) is 2.84. The zero-order valence-corrected chi connectivity index (χ0v) is 11.2. The van der Waals surface area contributed by atoms with Crippen LogP contribution in [-0.4, -0.2) is 4.98 Å². The smallest absolute Gasteiger partial charge is 0.259 e. The molecule has 2 nitrogen and oxygen atoms in total. The second-order valence-corrected chi connectivity index (χ2v) is 4.44. The Labute approximate surface area is 108 Å². The number of aromatic nitrogens is 1. The van der Waals surface area contributed by atoms with E-state index in [4.69, 9.17) is 5.26 Å². The Morgan fingerprint density at radius 3 is 2.73 bits per heavy atom. The van der Waals surface area contributed by atoms with E-state index in [9.17, 15) is 8.78 Å². The molecule has 0 spiro atoms. The summed E-state index contributed by atoms with van der Waals surface area (Å²) in [4.78, 5) is 4.02. The van der Waals surface area contributed by atoms with Crippen LogP contribution in [0.25, 0.3) is 0 Å². The Hall–Kier alpha value is -0.290. The first-order valence-corrected chi connectivity index (χ1v) is 6.19. The van der Waals surface area contributed by atoms with Gasteiger partial charge in [0.25, 0.3) is 6.43 Å². The van der Waals surface area contributed by atoms with Crippen molar-refractivity contribution in [3.63, 3.8) is 0 Å². The van der Waals surface area contributed by atoms with E-state index in [2.05, 4.69) is 20.9 Å². The lowest BCUT2D eigenvalue weighted by molar-refractivity contribution is 0.149. The number of pyridine rings is 1. The molecule has 0 saturated heterocycles. The third-order valence-electron chi connectivity index (χ3n) is 1.87. The van der Waals surface area contributed by atoms with E-state index in [0.29, 0.717) is 20.2 Å². The van der Waals surface area contributed by atoms with Gasteiger partial charge in [-0.1, -0.05) is 15.9 Å². The minimum absolute atomic E-state index is 0.0373. The molecule has 0 amide bonds. The molecule has 0 aliphatic carbocycles. The second-order valence-electron chi connectivity index (χ2n) is 2.71. The van der Waals surface area contributed by atoms with Crippen molar-refractivity contribution in [1.82, 2.24) is 4.98 Å². The number of nitriles is 1. The van der Waals surface area contributed by atoms with Crippen LogP contribution in [0.4, 0.5) is 8.78 Å². The normalized spacial score (nSPS) is 10.4. The van der Waals surface area contributed by atoms with Crippen molar-refractivity contribution >= 4 is 38.5 Å². The van der Waals surface area contributed by atoms with Crippen molar-refractivity contribution in [2.24, 2.45) is 0 Å². The fourth-order valence-electron chi connectivity index (χ4n) is 1.21. The van der Waals surface area contributed by atoms with E-state index in [0.717, 1.165) is 0 Å². The van der Waals surface area contributed by atoms with Gasteiger partial charge < -0.3 is 0 Å². The van der Waals surface area contributed by atoms with E-state index in [-0.39, 0.29) is 12.0 Å². The van der Waals surface area contributed by atoms with Crippen molar-refractivity contribution in [3.05, 3.63) is 26.6 Å². The summed E-state index contributed by atoms with van der Waals surface area (Å²) >= 11 is 4.97. The monoisotopic (exact) mass is 386 g/mol. The summed E-state index contributed by atoms with van der Waals surface area (Å²) in [5.74, 6) is 0. The summed E-state index contributed by atoms with van der Waals surface area (Å²) in [6.45, 7) is 0. The molecular formula is C9H6BrF2IN2. The van der Waals surface area contributed by atoms with Crippen LogP contribution >= 0.6 is 38.5 Å². The van der Waals surface area contributed by atoms with Gasteiger partial charge in [-0.3, -0.25) is 4.98 Å². The molecule has 0 atom stereocenters. The number of hydrogen-bond acceptors (Lipinski definition) is 2. The largest absolute Gasteiger partial charge is 0.265 e. The Kier molecular flexibility index (Phi) is 4.86. The Balaban J connectivity index is 3.38. The van der Waals surface area contributed by atoms with Crippen LogP contribution in [-0.2, 0) is 11.8 Å². The number of hydrogen-bond donors (Lipinski definition) is 0. The number of alkyl halides is 3. The molecule has 0 aliphatic heterocycles. The third-order valence-corrected chi connectivity index (χ3v) is 3.26. The van der Waals surface area contributed by atoms with Gasteiger partial charge in [0.2, 0.25) is 0 Å². The summed E-state index contributed by atoms with van der Waals surface area (Å²) in [6.07, 6.45) is -1.20. The van der Waals surface area contributed by atoms with Crippen LogP contribution in [0.2, 0.25) is 0 Å². The highest BCUT2D eigenvalue weighted by Gasteiger charge is 2.20. The van der Waals surface area contributed by atoms with Crippen molar-refractivity contribution in [2.45, 2.75) is 18.2 Å². The SMILES string of the molecule is N#CCc1c(CBr)ncc(I)c1C(F)F. The summed E-state index contributed by atoms with van der Waals surface area (Å²) in [5.41, 5.74) is 0.783. The molecule has 6 heteroatoms. The molecule has 15 heavy (non-hydrogen) atoms. The van der Waals surface area contributed by atoms with E-state index in [1.54, 1.807) is 22.6 Å². The molecule has 0 fully saturated rings. The first-order valence-electron chi connectivity index (χ1n) is 3.99. The maximum Gasteiger partial charge on any atom is 0.265 e. The zero-order chi connectivity index (χ0) is 11.4. The average Bonchev–Trinajstić information content (AvgIpc) is 2.18. The molecule has 0 aliphatic rings. The summed E-state index contributed by atoms with van der Waals surface area (Å²) < 4.78 is 25.9. The summed E-state index contributed by atoms with van der Waals surface area (Å²) in [7, 11) is 0. The van der Waals surface area contributed by atoms with E-state index < -0.39 is 6.43 Å². The highest BCUT2D eigenvalue weighted by atomic mass is 127. The molecule has 1 heterocycles. The average molecular weight is 387 g/mol. The number of rotatable bonds is 3.